The van der Waals surface area contributed by atoms with Gasteiger partial charge < -0.3 is 10.6 Å². The first-order chi connectivity index (χ1) is 13.3. The van der Waals surface area contributed by atoms with Crippen molar-refractivity contribution in [2.24, 2.45) is 14.1 Å². The lowest BCUT2D eigenvalue weighted by atomic mass is 10.2. The number of carbonyl (C=O) groups is 2. The third-order valence-corrected chi connectivity index (χ3v) is 4.23. The summed E-state index contributed by atoms with van der Waals surface area (Å²) < 4.78 is 2.22. The minimum atomic E-state index is -0.516. The van der Waals surface area contributed by atoms with Crippen LogP contribution < -0.4 is 21.9 Å². The molecule has 3 rings (SSSR count). The van der Waals surface area contributed by atoms with Crippen molar-refractivity contribution < 1.29 is 9.59 Å². The van der Waals surface area contributed by atoms with E-state index >= 15 is 0 Å². The molecule has 144 valence electrons. The molecule has 1 aromatic carbocycles. The van der Waals surface area contributed by atoms with Crippen LogP contribution in [0.4, 0.5) is 5.69 Å². The molecule has 0 aliphatic rings. The summed E-state index contributed by atoms with van der Waals surface area (Å²) in [6.45, 7) is 1.64. The predicted octanol–water partition coefficient (Wildman–Crippen LogP) is 0.521. The van der Waals surface area contributed by atoms with E-state index in [-0.39, 0.29) is 29.2 Å². The molecule has 0 aliphatic heterocycles. The number of pyridine rings is 1. The van der Waals surface area contributed by atoms with Crippen LogP contribution in [0.2, 0.25) is 0 Å². The molecule has 9 nitrogen and oxygen atoms in total. The van der Waals surface area contributed by atoms with Crippen LogP contribution in [0.25, 0.3) is 11.0 Å². The van der Waals surface area contributed by atoms with Crippen molar-refractivity contribution >= 4 is 28.5 Å². The van der Waals surface area contributed by atoms with Gasteiger partial charge in [-0.2, -0.15) is 0 Å². The predicted molar refractivity (Wildman–Crippen MR) is 104 cm³/mol. The van der Waals surface area contributed by atoms with E-state index in [1.54, 1.807) is 18.2 Å². The first-order valence-electron chi connectivity index (χ1n) is 8.49. The molecule has 0 radical (unpaired) electrons. The van der Waals surface area contributed by atoms with Gasteiger partial charge in [0.1, 0.15) is 11.3 Å². The van der Waals surface area contributed by atoms with E-state index in [0.717, 1.165) is 10.1 Å². The number of nitrogens with zero attached hydrogens (tertiary/aromatic N) is 3. The van der Waals surface area contributed by atoms with E-state index in [9.17, 15) is 19.2 Å². The first-order valence-corrected chi connectivity index (χ1v) is 8.49. The van der Waals surface area contributed by atoms with E-state index in [2.05, 4.69) is 15.6 Å². The second kappa shape index (κ2) is 7.47. The summed E-state index contributed by atoms with van der Waals surface area (Å²) >= 11 is 0. The van der Waals surface area contributed by atoms with Crippen LogP contribution in [-0.4, -0.2) is 25.9 Å². The number of anilines is 1. The average Bonchev–Trinajstić information content (AvgIpc) is 2.68. The smallest absolute Gasteiger partial charge is 0.332 e. The minimum Gasteiger partial charge on any atom is -0.347 e. The highest BCUT2D eigenvalue weighted by molar-refractivity contribution is 5.94. The van der Waals surface area contributed by atoms with Crippen molar-refractivity contribution in [3.05, 3.63) is 68.5 Å². The van der Waals surface area contributed by atoms with Gasteiger partial charge in [-0.05, 0) is 29.8 Å². The Kier molecular flexibility index (Phi) is 5.08. The fourth-order valence-electron chi connectivity index (χ4n) is 2.82. The lowest BCUT2D eigenvalue weighted by Crippen LogP contribution is -2.37. The van der Waals surface area contributed by atoms with Gasteiger partial charge in [0.25, 0.3) is 11.5 Å². The van der Waals surface area contributed by atoms with E-state index in [1.165, 1.54) is 37.7 Å². The zero-order chi connectivity index (χ0) is 20.4. The minimum absolute atomic E-state index is 0.0915. The Hall–Kier alpha value is -3.75. The van der Waals surface area contributed by atoms with Crippen molar-refractivity contribution in [1.82, 2.24) is 19.4 Å². The molecule has 2 heterocycles. The number of fused-ring (bicyclic) bond motifs is 1. The monoisotopic (exact) mass is 381 g/mol. The van der Waals surface area contributed by atoms with Gasteiger partial charge in [0, 0.05) is 33.3 Å². The highest BCUT2D eigenvalue weighted by atomic mass is 16.2. The van der Waals surface area contributed by atoms with Gasteiger partial charge in [0.15, 0.2) is 0 Å². The van der Waals surface area contributed by atoms with Gasteiger partial charge in [-0.25, -0.2) is 9.78 Å². The molecule has 0 unspecified atom stereocenters. The molecule has 0 spiro atoms. The van der Waals surface area contributed by atoms with Crippen molar-refractivity contribution in [3.63, 3.8) is 0 Å². The van der Waals surface area contributed by atoms with Gasteiger partial charge in [-0.1, -0.05) is 12.1 Å². The Morgan fingerprint density at radius 3 is 2.54 bits per heavy atom. The van der Waals surface area contributed by atoms with Crippen molar-refractivity contribution in [3.8, 4) is 0 Å². The van der Waals surface area contributed by atoms with Crippen LogP contribution >= 0.6 is 0 Å². The summed E-state index contributed by atoms with van der Waals surface area (Å²) in [6, 6.07) is 10.0. The maximum Gasteiger partial charge on any atom is 0.332 e. The summed E-state index contributed by atoms with van der Waals surface area (Å²) in [5, 5.41) is 5.67. The molecule has 2 aromatic heterocycles. The molecular weight excluding hydrogens is 362 g/mol. The van der Waals surface area contributed by atoms with Crippen LogP contribution in [0.5, 0.6) is 0 Å². The van der Waals surface area contributed by atoms with Gasteiger partial charge in [-0.3, -0.25) is 23.5 Å². The Morgan fingerprint density at radius 1 is 1.07 bits per heavy atom. The second-order valence-corrected chi connectivity index (χ2v) is 6.34. The van der Waals surface area contributed by atoms with Gasteiger partial charge in [0.2, 0.25) is 5.91 Å². The third-order valence-electron chi connectivity index (χ3n) is 4.23. The SMILES string of the molecule is CC(=O)Nc1cccc(CNC(=O)c2ccc3c(=O)n(C)c(=O)n(C)c3n2)c1. The van der Waals surface area contributed by atoms with Crippen molar-refractivity contribution in [1.29, 1.82) is 0 Å². The van der Waals surface area contributed by atoms with Gasteiger partial charge in [0.05, 0.1) is 5.39 Å². The Bertz CT molecular complexity index is 1210. The molecule has 0 fully saturated rings. The quantitative estimate of drug-likeness (QED) is 0.684. The second-order valence-electron chi connectivity index (χ2n) is 6.34. The summed E-state index contributed by atoms with van der Waals surface area (Å²) in [6.07, 6.45) is 0. The van der Waals surface area contributed by atoms with E-state index in [4.69, 9.17) is 0 Å². The first kappa shape index (κ1) is 19.0. The number of rotatable bonds is 4. The van der Waals surface area contributed by atoms with Crippen molar-refractivity contribution in [2.45, 2.75) is 13.5 Å². The molecule has 2 amide bonds. The Labute approximate surface area is 159 Å². The Morgan fingerprint density at radius 2 is 1.82 bits per heavy atom. The van der Waals surface area contributed by atoms with Crippen molar-refractivity contribution in [2.75, 3.05) is 5.32 Å². The number of hydrogen-bond acceptors (Lipinski definition) is 5. The molecule has 3 aromatic rings. The van der Waals surface area contributed by atoms with E-state index in [1.807, 2.05) is 6.07 Å². The molecule has 9 heteroatoms. The number of carbonyl (C=O) groups excluding carboxylic acids is 2. The molecule has 0 atom stereocenters. The number of aromatic nitrogens is 3. The summed E-state index contributed by atoms with van der Waals surface area (Å²) in [4.78, 5) is 52.0. The largest absolute Gasteiger partial charge is 0.347 e. The highest BCUT2D eigenvalue weighted by Gasteiger charge is 2.13. The van der Waals surface area contributed by atoms with E-state index < -0.39 is 17.2 Å². The summed E-state index contributed by atoms with van der Waals surface area (Å²) in [5.74, 6) is -0.627. The fourth-order valence-corrected chi connectivity index (χ4v) is 2.82. The number of nitrogens with one attached hydrogen (secondary N) is 2. The molecule has 0 aliphatic carbocycles. The van der Waals surface area contributed by atoms with Gasteiger partial charge in [-0.15, -0.1) is 0 Å². The Balaban J connectivity index is 1.84. The number of hydrogen-bond donors (Lipinski definition) is 2. The van der Waals surface area contributed by atoms with E-state index in [0.29, 0.717) is 5.69 Å². The zero-order valence-electron chi connectivity index (χ0n) is 15.6. The normalized spacial score (nSPS) is 10.7. The molecule has 0 saturated heterocycles. The van der Waals surface area contributed by atoms with Crippen LogP contribution in [0.1, 0.15) is 23.0 Å². The summed E-state index contributed by atoms with van der Waals surface area (Å²) in [7, 11) is 2.88. The fraction of sp³-hybridized carbons (Fsp3) is 0.211. The topological polar surface area (TPSA) is 115 Å². The third kappa shape index (κ3) is 3.68. The standard InChI is InChI=1S/C19H19N5O4/c1-11(25)21-13-6-4-5-12(9-13)10-20-17(26)15-8-7-14-16(22-15)23(2)19(28)24(3)18(14)27/h4-9H,10H2,1-3H3,(H,20,26)(H,21,25). The van der Waals surface area contributed by atoms with Crippen LogP contribution in [0, 0.1) is 0 Å². The molecule has 28 heavy (non-hydrogen) atoms. The summed E-state index contributed by atoms with van der Waals surface area (Å²) in [5.41, 5.74) is 0.683. The van der Waals surface area contributed by atoms with Crippen LogP contribution in [0.3, 0.4) is 0 Å². The van der Waals surface area contributed by atoms with Crippen LogP contribution in [0.15, 0.2) is 46.0 Å². The number of amides is 2. The number of benzene rings is 1. The molecule has 0 saturated carbocycles. The molecular formula is C19H19N5O4. The van der Waals surface area contributed by atoms with Gasteiger partial charge >= 0.3 is 5.69 Å². The zero-order valence-corrected chi connectivity index (χ0v) is 15.6. The highest BCUT2D eigenvalue weighted by Crippen LogP contribution is 2.11. The lowest BCUT2D eigenvalue weighted by Gasteiger charge is -2.09. The molecule has 2 N–H and O–H groups in total. The number of aryl methyl sites for hydroxylation is 1. The lowest BCUT2D eigenvalue weighted by molar-refractivity contribution is -0.114. The maximum absolute atomic E-state index is 12.5. The maximum atomic E-state index is 12.5. The molecule has 0 bridgehead atoms. The average molecular weight is 381 g/mol. The van der Waals surface area contributed by atoms with Crippen LogP contribution in [-0.2, 0) is 25.4 Å².